The lowest BCUT2D eigenvalue weighted by atomic mass is 10.3. The van der Waals surface area contributed by atoms with E-state index >= 15 is 0 Å². The number of benzene rings is 1. The number of halogens is 2. The van der Waals surface area contributed by atoms with Crippen LogP contribution in [0.1, 0.15) is 0 Å². The summed E-state index contributed by atoms with van der Waals surface area (Å²) in [6.07, 6.45) is 2.06. The summed E-state index contributed by atoms with van der Waals surface area (Å²) in [5.74, 6) is -0.840. The molecule has 1 N–H and O–H groups in total. The van der Waals surface area contributed by atoms with Crippen LogP contribution in [-0.4, -0.2) is 20.8 Å². The molecule has 0 unspecified atom stereocenters. The molecule has 16 heavy (non-hydrogen) atoms. The highest BCUT2D eigenvalue weighted by Gasteiger charge is 2.11. The summed E-state index contributed by atoms with van der Waals surface area (Å²) in [5.41, 5.74) is -0.398. The van der Waals surface area contributed by atoms with Crippen molar-refractivity contribution >= 4 is 39.1 Å². The lowest BCUT2D eigenvalue weighted by Gasteiger charge is -2.07. The maximum absolute atomic E-state index is 13.1. The number of hydrogen-bond acceptors (Lipinski definition) is 4. The standard InChI is InChI=1S/C8H6ClFN2O3S/c1-16(14,15)12-7-3-8(11-4-13)6(10)2-5(7)9/h2-3,12H,1H3. The van der Waals surface area contributed by atoms with E-state index in [0.29, 0.717) is 0 Å². The van der Waals surface area contributed by atoms with Crippen molar-refractivity contribution in [1.29, 1.82) is 0 Å². The number of carbonyl (C=O) groups excluding carboxylic acids is 1. The van der Waals surface area contributed by atoms with Gasteiger partial charge in [-0.25, -0.2) is 17.6 Å². The van der Waals surface area contributed by atoms with E-state index < -0.39 is 15.8 Å². The van der Waals surface area contributed by atoms with Crippen molar-refractivity contribution in [1.82, 2.24) is 0 Å². The lowest BCUT2D eigenvalue weighted by Crippen LogP contribution is -2.09. The molecule has 5 nitrogen and oxygen atoms in total. The highest BCUT2D eigenvalue weighted by Crippen LogP contribution is 2.30. The number of nitrogens with one attached hydrogen (secondary N) is 1. The summed E-state index contributed by atoms with van der Waals surface area (Å²) in [6, 6.07) is 1.86. The molecule has 0 radical (unpaired) electrons. The van der Waals surface area contributed by atoms with Crippen LogP contribution < -0.4 is 4.72 Å². The van der Waals surface area contributed by atoms with E-state index in [1.54, 1.807) is 0 Å². The molecule has 0 heterocycles. The van der Waals surface area contributed by atoms with Crippen molar-refractivity contribution < 1.29 is 17.6 Å². The predicted molar refractivity (Wildman–Crippen MR) is 57.7 cm³/mol. The average Bonchev–Trinajstić information content (AvgIpc) is 2.11. The Bertz CT molecular complexity index is 567. The largest absolute Gasteiger partial charge is 0.282 e. The first-order valence-corrected chi connectivity index (χ1v) is 6.15. The van der Waals surface area contributed by atoms with Crippen molar-refractivity contribution in [3.63, 3.8) is 0 Å². The molecule has 1 rings (SSSR count). The Balaban J connectivity index is 3.30. The van der Waals surface area contributed by atoms with Gasteiger partial charge in [0.25, 0.3) is 0 Å². The van der Waals surface area contributed by atoms with E-state index in [9.17, 15) is 17.6 Å². The van der Waals surface area contributed by atoms with Crippen LogP contribution in [0.2, 0.25) is 5.02 Å². The first-order chi connectivity index (χ1) is 7.33. The first kappa shape index (κ1) is 12.6. The molecular formula is C8H6ClFN2O3S. The van der Waals surface area contributed by atoms with Crippen LogP contribution in [0.4, 0.5) is 15.8 Å². The van der Waals surface area contributed by atoms with E-state index in [4.69, 9.17) is 11.6 Å². The molecule has 0 aromatic heterocycles. The van der Waals surface area contributed by atoms with Crippen LogP contribution in [0, 0.1) is 5.82 Å². The Labute approximate surface area is 96.0 Å². The molecule has 0 bridgehead atoms. The third-order valence-corrected chi connectivity index (χ3v) is 2.40. The molecule has 0 aliphatic carbocycles. The van der Waals surface area contributed by atoms with Gasteiger partial charge in [0.05, 0.1) is 17.0 Å². The Morgan fingerprint density at radius 1 is 1.50 bits per heavy atom. The summed E-state index contributed by atoms with van der Waals surface area (Å²) in [4.78, 5) is 13.0. The summed E-state index contributed by atoms with van der Waals surface area (Å²) in [5, 5.41) is -0.132. The van der Waals surface area contributed by atoms with Crippen LogP contribution in [-0.2, 0) is 14.8 Å². The number of nitrogens with zero attached hydrogens (tertiary/aromatic N) is 1. The van der Waals surface area contributed by atoms with Crippen molar-refractivity contribution in [2.75, 3.05) is 11.0 Å². The van der Waals surface area contributed by atoms with Gasteiger partial charge in [0.2, 0.25) is 16.1 Å². The van der Waals surface area contributed by atoms with Gasteiger partial charge in [0, 0.05) is 0 Å². The average molecular weight is 265 g/mol. The van der Waals surface area contributed by atoms with Gasteiger partial charge in [-0.05, 0) is 12.1 Å². The van der Waals surface area contributed by atoms with Gasteiger partial charge in [0.15, 0.2) is 5.82 Å². The molecule has 1 aromatic rings. The summed E-state index contributed by atoms with van der Waals surface area (Å²) < 4.78 is 37.0. The van der Waals surface area contributed by atoms with Crippen molar-refractivity contribution in [3.05, 3.63) is 23.0 Å². The molecule has 0 spiro atoms. The maximum Gasteiger partial charge on any atom is 0.240 e. The summed E-state index contributed by atoms with van der Waals surface area (Å²) >= 11 is 5.60. The highest BCUT2D eigenvalue weighted by molar-refractivity contribution is 7.92. The van der Waals surface area contributed by atoms with Gasteiger partial charge in [-0.3, -0.25) is 4.72 Å². The quantitative estimate of drug-likeness (QED) is 0.668. The summed E-state index contributed by atoms with van der Waals surface area (Å²) in [6.45, 7) is 0. The fraction of sp³-hybridized carbons (Fsp3) is 0.125. The summed E-state index contributed by atoms with van der Waals surface area (Å²) in [7, 11) is -3.54. The molecule has 0 saturated heterocycles. The molecule has 0 atom stereocenters. The second kappa shape index (κ2) is 4.61. The SMILES string of the molecule is CS(=O)(=O)Nc1cc(N=C=O)c(F)cc1Cl. The van der Waals surface area contributed by atoms with Crippen molar-refractivity contribution in [2.45, 2.75) is 0 Å². The minimum atomic E-state index is -3.54. The maximum atomic E-state index is 13.1. The third kappa shape index (κ3) is 3.30. The molecule has 0 aliphatic heterocycles. The smallest absolute Gasteiger partial charge is 0.240 e. The Morgan fingerprint density at radius 3 is 2.62 bits per heavy atom. The predicted octanol–water partition coefficient (Wildman–Crippen LogP) is 1.82. The Kier molecular flexibility index (Phi) is 3.64. The number of aliphatic imine (C=N–C) groups is 1. The fourth-order valence-corrected chi connectivity index (χ4v) is 1.77. The van der Waals surface area contributed by atoms with Crippen LogP contribution in [0.3, 0.4) is 0 Å². The number of sulfonamides is 1. The van der Waals surface area contributed by atoms with E-state index in [0.717, 1.165) is 24.5 Å². The molecule has 86 valence electrons. The topological polar surface area (TPSA) is 75.6 Å². The zero-order valence-corrected chi connectivity index (χ0v) is 9.56. The molecule has 0 saturated carbocycles. The Hall–Kier alpha value is -1.43. The number of anilines is 1. The second-order valence-electron chi connectivity index (χ2n) is 2.86. The Morgan fingerprint density at radius 2 is 2.12 bits per heavy atom. The first-order valence-electron chi connectivity index (χ1n) is 3.88. The number of rotatable bonds is 3. The van der Waals surface area contributed by atoms with Crippen LogP contribution in [0.25, 0.3) is 0 Å². The van der Waals surface area contributed by atoms with E-state index in [1.807, 2.05) is 0 Å². The lowest BCUT2D eigenvalue weighted by molar-refractivity contribution is 0.564. The number of hydrogen-bond donors (Lipinski definition) is 1. The van der Waals surface area contributed by atoms with Crippen LogP contribution >= 0.6 is 11.6 Å². The van der Waals surface area contributed by atoms with E-state index in [2.05, 4.69) is 9.71 Å². The molecular weight excluding hydrogens is 259 g/mol. The van der Waals surface area contributed by atoms with Crippen LogP contribution in [0.5, 0.6) is 0 Å². The molecule has 8 heteroatoms. The normalized spacial score (nSPS) is 10.7. The van der Waals surface area contributed by atoms with Gasteiger partial charge in [-0.2, -0.15) is 4.99 Å². The molecule has 0 amide bonds. The van der Waals surface area contributed by atoms with E-state index in [-0.39, 0.29) is 16.4 Å². The third-order valence-electron chi connectivity index (χ3n) is 1.50. The van der Waals surface area contributed by atoms with Gasteiger partial charge in [-0.15, -0.1) is 0 Å². The van der Waals surface area contributed by atoms with Crippen molar-refractivity contribution in [3.8, 4) is 0 Å². The second-order valence-corrected chi connectivity index (χ2v) is 5.02. The minimum Gasteiger partial charge on any atom is -0.282 e. The monoisotopic (exact) mass is 264 g/mol. The van der Waals surface area contributed by atoms with Crippen LogP contribution in [0.15, 0.2) is 17.1 Å². The molecule has 0 fully saturated rings. The minimum absolute atomic E-state index is 0.0560. The zero-order chi connectivity index (χ0) is 12.3. The molecule has 1 aromatic carbocycles. The van der Waals surface area contributed by atoms with Gasteiger partial charge in [-0.1, -0.05) is 11.6 Å². The highest BCUT2D eigenvalue weighted by atomic mass is 35.5. The van der Waals surface area contributed by atoms with E-state index in [1.165, 1.54) is 0 Å². The van der Waals surface area contributed by atoms with Crippen molar-refractivity contribution in [2.24, 2.45) is 4.99 Å². The van der Waals surface area contributed by atoms with Gasteiger partial charge < -0.3 is 0 Å². The zero-order valence-electron chi connectivity index (χ0n) is 7.99. The number of isocyanates is 1. The van der Waals surface area contributed by atoms with Gasteiger partial charge in [0.1, 0.15) is 5.69 Å². The molecule has 0 aliphatic rings. The van der Waals surface area contributed by atoms with Gasteiger partial charge >= 0.3 is 0 Å². The fourth-order valence-electron chi connectivity index (χ4n) is 0.950.